The van der Waals surface area contributed by atoms with Gasteiger partial charge >= 0.3 is 0 Å². The van der Waals surface area contributed by atoms with Crippen LogP contribution >= 0.6 is 0 Å². The van der Waals surface area contributed by atoms with Gasteiger partial charge in [0, 0.05) is 41.2 Å². The van der Waals surface area contributed by atoms with Gasteiger partial charge in [-0.2, -0.15) is 0 Å². The van der Waals surface area contributed by atoms with Crippen molar-refractivity contribution in [3.8, 4) is 34.2 Å². The highest BCUT2D eigenvalue weighted by atomic mass is 32.2. The normalized spacial score (nSPS) is 11.7. The molecule has 13 heteroatoms. The van der Waals surface area contributed by atoms with Crippen molar-refractivity contribution >= 4 is 41.9 Å². The predicted molar refractivity (Wildman–Crippen MR) is 252 cm³/mol. The molecule has 316 valence electrons. The highest BCUT2D eigenvalue weighted by molar-refractivity contribution is 7.90. The Balaban J connectivity index is 0.000000162. The fourth-order valence-electron chi connectivity index (χ4n) is 7.60. The summed E-state index contributed by atoms with van der Waals surface area (Å²) in [6.45, 7) is 0. The Kier molecular flexibility index (Phi) is 11.5. The second kappa shape index (κ2) is 17.7. The van der Waals surface area contributed by atoms with Crippen LogP contribution in [0.2, 0.25) is 0 Å². The van der Waals surface area contributed by atoms with Gasteiger partial charge in [0.15, 0.2) is 9.84 Å². The molecule has 0 amide bonds. The van der Waals surface area contributed by atoms with E-state index in [0.29, 0.717) is 5.82 Å². The molecule has 0 saturated heterocycles. The van der Waals surface area contributed by atoms with E-state index < -0.39 is 19.9 Å². The van der Waals surface area contributed by atoms with Crippen LogP contribution in [0.1, 0.15) is 22.3 Å². The van der Waals surface area contributed by atoms with Gasteiger partial charge in [-0.25, -0.2) is 31.9 Å². The molecule has 4 heterocycles. The van der Waals surface area contributed by atoms with Crippen molar-refractivity contribution < 1.29 is 16.8 Å². The summed E-state index contributed by atoms with van der Waals surface area (Å²) in [4.78, 5) is 18.4. The van der Waals surface area contributed by atoms with Crippen LogP contribution in [0, 0.1) is 0 Å². The summed E-state index contributed by atoms with van der Waals surface area (Å²) in [6, 6.07) is 54.6. The third-order valence-electron chi connectivity index (χ3n) is 10.8. The first-order valence-electron chi connectivity index (χ1n) is 20.3. The molecule has 0 aliphatic carbocycles. The molecule has 2 N–H and O–H groups in total. The number of primary sulfonamides is 1. The minimum absolute atomic E-state index is 0.0656. The van der Waals surface area contributed by atoms with Crippen LogP contribution in [0.3, 0.4) is 0 Å². The number of hydrogen-bond acceptors (Lipinski definition) is 8. The van der Waals surface area contributed by atoms with Crippen LogP contribution in [-0.4, -0.2) is 52.2 Å². The highest BCUT2D eigenvalue weighted by Crippen LogP contribution is 2.31. The van der Waals surface area contributed by atoms with E-state index in [1.54, 1.807) is 61.2 Å². The second-order valence-electron chi connectivity index (χ2n) is 15.3. The average molecular weight is 880 g/mol. The molecule has 0 aliphatic rings. The summed E-state index contributed by atoms with van der Waals surface area (Å²) >= 11 is 0. The van der Waals surface area contributed by atoms with E-state index in [9.17, 15) is 16.8 Å². The van der Waals surface area contributed by atoms with E-state index in [4.69, 9.17) is 15.1 Å². The summed E-state index contributed by atoms with van der Waals surface area (Å²) in [5.74, 6) is 1.44. The predicted octanol–water partition coefficient (Wildman–Crippen LogP) is 9.41. The molecule has 11 nitrogen and oxygen atoms in total. The Morgan fingerprint density at radius 2 is 0.891 bits per heavy atom. The second-order valence-corrected chi connectivity index (χ2v) is 18.9. The van der Waals surface area contributed by atoms with Gasteiger partial charge in [0.25, 0.3) is 0 Å². The first kappa shape index (κ1) is 41.8. The first-order chi connectivity index (χ1) is 31.0. The number of hydrogen-bond donors (Lipinski definition) is 1. The number of nitrogens with zero attached hydrogens (tertiary/aromatic N) is 6. The number of sulfone groups is 1. The molecule has 6 aromatic carbocycles. The maximum absolute atomic E-state index is 11.8. The lowest BCUT2D eigenvalue weighted by atomic mass is 10.0. The Hall–Kier alpha value is -7.58. The van der Waals surface area contributed by atoms with Crippen molar-refractivity contribution in [1.29, 1.82) is 0 Å². The van der Waals surface area contributed by atoms with Gasteiger partial charge in [-0.05, 0) is 120 Å². The molecule has 0 bridgehead atoms. The van der Waals surface area contributed by atoms with Gasteiger partial charge < -0.3 is 0 Å². The molecule has 4 aromatic heterocycles. The van der Waals surface area contributed by atoms with Gasteiger partial charge in [-0.15, -0.1) is 0 Å². The molecule has 64 heavy (non-hydrogen) atoms. The Bertz CT molecular complexity index is 3220. The Labute approximate surface area is 371 Å². The Morgan fingerprint density at radius 3 is 1.39 bits per heavy atom. The van der Waals surface area contributed by atoms with Crippen molar-refractivity contribution in [3.05, 3.63) is 217 Å². The SMILES string of the molecule is CS(=O)(=O)c1ccc(-c2nc3cnccc3n2-c2ccc(Cc3ccccc3)cc2)cc1.NS(=O)(=O)c1ccc(-c2nc3ccncc3n2-c2ccc(Cc3ccccc3)cc2)cc1. The molecule has 10 rings (SSSR count). The van der Waals surface area contributed by atoms with Crippen molar-refractivity contribution in [2.75, 3.05) is 6.26 Å². The minimum atomic E-state index is -3.76. The van der Waals surface area contributed by atoms with Crippen LogP contribution in [0.25, 0.3) is 56.2 Å². The highest BCUT2D eigenvalue weighted by Gasteiger charge is 2.18. The summed E-state index contributed by atoms with van der Waals surface area (Å²) in [5, 5.41) is 5.24. The lowest BCUT2D eigenvalue weighted by Crippen LogP contribution is -2.11. The molecule has 0 aliphatic heterocycles. The van der Waals surface area contributed by atoms with E-state index in [1.807, 2.05) is 41.0 Å². The summed E-state index contributed by atoms with van der Waals surface area (Å²) in [5.41, 5.74) is 11.9. The number of benzene rings is 6. The number of pyridine rings is 2. The molecule has 0 spiro atoms. The Morgan fingerprint density at radius 1 is 0.453 bits per heavy atom. The van der Waals surface area contributed by atoms with Crippen LogP contribution in [-0.2, 0) is 32.7 Å². The molecular weight excluding hydrogens is 839 g/mol. The monoisotopic (exact) mass is 879 g/mol. The number of aromatic nitrogens is 6. The fraction of sp³-hybridized carbons (Fsp3) is 0.0588. The summed E-state index contributed by atoms with van der Waals surface area (Å²) < 4.78 is 51.0. The molecular formula is C51H41N7O4S2. The van der Waals surface area contributed by atoms with E-state index >= 15 is 0 Å². The standard InChI is InChI=1S/C26H21N3O2S.C25H20N4O2S/c1-32(30,31)23-13-9-21(10-14-23)26-28-24-18-27-16-15-25(24)29(26)22-11-7-20(8-12-22)17-19-5-3-2-4-6-19;26-32(30,31)22-12-8-20(9-13-22)25-28-23-14-15-27-17-24(23)29(25)21-10-6-19(7-11-21)16-18-4-2-1-3-5-18/h2-16,18H,17H2,1H3;1-15,17H,16H2,(H2,26,30,31). The number of sulfonamides is 1. The fourth-order valence-corrected chi connectivity index (χ4v) is 8.75. The van der Waals surface area contributed by atoms with Crippen molar-refractivity contribution in [3.63, 3.8) is 0 Å². The first-order valence-corrected chi connectivity index (χ1v) is 23.8. The number of imidazole rings is 2. The molecule has 10 aromatic rings. The van der Waals surface area contributed by atoms with Crippen molar-refractivity contribution in [2.45, 2.75) is 22.6 Å². The van der Waals surface area contributed by atoms with Crippen molar-refractivity contribution in [1.82, 2.24) is 29.1 Å². The summed E-state index contributed by atoms with van der Waals surface area (Å²) in [7, 11) is -7.01. The zero-order valence-electron chi connectivity index (χ0n) is 34.6. The molecule has 0 saturated carbocycles. The third kappa shape index (κ3) is 9.13. The van der Waals surface area contributed by atoms with E-state index in [2.05, 4.69) is 99.5 Å². The number of rotatable bonds is 10. The zero-order chi connectivity index (χ0) is 44.3. The van der Waals surface area contributed by atoms with Crippen molar-refractivity contribution in [2.24, 2.45) is 5.14 Å². The van der Waals surface area contributed by atoms with E-state index in [1.165, 1.54) is 40.6 Å². The molecule has 0 atom stereocenters. The van der Waals surface area contributed by atoms with Gasteiger partial charge in [0.1, 0.15) is 17.2 Å². The van der Waals surface area contributed by atoms with Crippen LogP contribution in [0.4, 0.5) is 0 Å². The number of fused-ring (bicyclic) bond motifs is 2. The third-order valence-corrected chi connectivity index (χ3v) is 12.8. The summed E-state index contributed by atoms with van der Waals surface area (Å²) in [6.07, 6.45) is 9.91. The van der Waals surface area contributed by atoms with Gasteiger partial charge in [0.2, 0.25) is 10.0 Å². The van der Waals surface area contributed by atoms with Gasteiger partial charge in [-0.3, -0.25) is 19.1 Å². The molecule has 0 unspecified atom stereocenters. The lowest BCUT2D eigenvalue weighted by molar-refractivity contribution is 0.597. The van der Waals surface area contributed by atoms with E-state index in [0.717, 1.165) is 63.2 Å². The number of nitrogens with two attached hydrogens (primary N) is 1. The minimum Gasteiger partial charge on any atom is -0.292 e. The maximum atomic E-state index is 11.8. The lowest BCUT2D eigenvalue weighted by Gasteiger charge is -2.11. The van der Waals surface area contributed by atoms with E-state index in [-0.39, 0.29) is 9.79 Å². The van der Waals surface area contributed by atoms with Crippen LogP contribution < -0.4 is 5.14 Å². The smallest absolute Gasteiger partial charge is 0.238 e. The molecule has 0 radical (unpaired) electrons. The zero-order valence-corrected chi connectivity index (χ0v) is 36.2. The topological polar surface area (TPSA) is 156 Å². The van der Waals surface area contributed by atoms with Crippen LogP contribution in [0.5, 0.6) is 0 Å². The van der Waals surface area contributed by atoms with Crippen LogP contribution in [0.15, 0.2) is 204 Å². The van der Waals surface area contributed by atoms with Gasteiger partial charge in [0.05, 0.1) is 38.7 Å². The quantitative estimate of drug-likeness (QED) is 0.143. The largest absolute Gasteiger partial charge is 0.292 e. The molecule has 0 fully saturated rings. The maximum Gasteiger partial charge on any atom is 0.238 e. The van der Waals surface area contributed by atoms with Gasteiger partial charge in [-0.1, -0.05) is 84.9 Å². The average Bonchev–Trinajstić information content (AvgIpc) is 3.90.